The van der Waals surface area contributed by atoms with Crippen molar-refractivity contribution >= 4 is 11.8 Å². The van der Waals surface area contributed by atoms with E-state index in [-0.39, 0.29) is 17.7 Å². The van der Waals surface area contributed by atoms with Gasteiger partial charge in [-0.15, -0.1) is 0 Å². The molecule has 142 valence electrons. The number of benzene rings is 1. The van der Waals surface area contributed by atoms with Crippen LogP contribution in [0.1, 0.15) is 31.7 Å². The third-order valence-corrected chi connectivity index (χ3v) is 5.73. The molecule has 0 aromatic heterocycles. The van der Waals surface area contributed by atoms with Gasteiger partial charge in [0.2, 0.25) is 11.8 Å². The molecule has 0 aliphatic carbocycles. The van der Waals surface area contributed by atoms with Crippen molar-refractivity contribution in [2.24, 2.45) is 11.8 Å². The second-order valence-electron chi connectivity index (χ2n) is 7.63. The molecule has 2 aliphatic heterocycles. The van der Waals surface area contributed by atoms with E-state index in [9.17, 15) is 9.59 Å². The minimum Gasteiger partial charge on any atom is -0.355 e. The van der Waals surface area contributed by atoms with E-state index in [1.54, 1.807) is 0 Å². The van der Waals surface area contributed by atoms with Crippen LogP contribution in [-0.2, 0) is 16.0 Å². The Hall–Kier alpha value is -1.88. The Morgan fingerprint density at radius 2 is 1.92 bits per heavy atom. The predicted octanol–water partition coefficient (Wildman–Crippen LogP) is 1.93. The number of nitrogens with zero attached hydrogens (tertiary/aromatic N) is 2. The molecule has 5 nitrogen and oxygen atoms in total. The summed E-state index contributed by atoms with van der Waals surface area (Å²) in [6.07, 6.45) is 3.38. The van der Waals surface area contributed by atoms with Crippen LogP contribution in [0.25, 0.3) is 0 Å². The van der Waals surface area contributed by atoms with E-state index >= 15 is 0 Å². The zero-order valence-electron chi connectivity index (χ0n) is 15.8. The fourth-order valence-electron chi connectivity index (χ4n) is 4.06. The van der Waals surface area contributed by atoms with E-state index in [0.717, 1.165) is 51.1 Å². The summed E-state index contributed by atoms with van der Waals surface area (Å²) in [5, 5.41) is 3.14. The summed E-state index contributed by atoms with van der Waals surface area (Å²) in [4.78, 5) is 29.4. The first-order valence-corrected chi connectivity index (χ1v) is 9.97. The zero-order valence-corrected chi connectivity index (χ0v) is 15.8. The predicted molar refractivity (Wildman–Crippen MR) is 103 cm³/mol. The van der Waals surface area contributed by atoms with Crippen molar-refractivity contribution in [3.8, 4) is 0 Å². The molecule has 0 spiro atoms. The molecule has 2 aliphatic rings. The van der Waals surface area contributed by atoms with Gasteiger partial charge in [-0.05, 0) is 43.8 Å². The summed E-state index contributed by atoms with van der Waals surface area (Å²) in [5.41, 5.74) is 1.03. The second kappa shape index (κ2) is 9.17. The van der Waals surface area contributed by atoms with Crippen LogP contribution in [-0.4, -0.2) is 60.9 Å². The van der Waals surface area contributed by atoms with Crippen LogP contribution >= 0.6 is 0 Å². The molecule has 3 rings (SSSR count). The van der Waals surface area contributed by atoms with Gasteiger partial charge in [-0.3, -0.25) is 9.59 Å². The molecule has 2 atom stereocenters. The Labute approximate surface area is 156 Å². The van der Waals surface area contributed by atoms with Gasteiger partial charge in [0.1, 0.15) is 0 Å². The van der Waals surface area contributed by atoms with E-state index in [1.807, 2.05) is 35.2 Å². The topological polar surface area (TPSA) is 52.7 Å². The average Bonchev–Trinajstić information content (AvgIpc) is 3.15. The first-order chi connectivity index (χ1) is 12.7. The van der Waals surface area contributed by atoms with E-state index < -0.39 is 0 Å². The number of nitrogens with one attached hydrogen (secondary N) is 1. The van der Waals surface area contributed by atoms with Crippen LogP contribution in [0.4, 0.5) is 0 Å². The largest absolute Gasteiger partial charge is 0.355 e. The summed E-state index contributed by atoms with van der Waals surface area (Å²) in [5.74, 6) is 0.755. The highest BCUT2D eigenvalue weighted by Crippen LogP contribution is 2.19. The number of rotatable bonds is 6. The van der Waals surface area contributed by atoms with Crippen molar-refractivity contribution in [2.75, 3.05) is 39.3 Å². The van der Waals surface area contributed by atoms with Crippen LogP contribution in [0.15, 0.2) is 30.3 Å². The van der Waals surface area contributed by atoms with Crippen LogP contribution in [0.3, 0.4) is 0 Å². The maximum atomic E-state index is 12.6. The van der Waals surface area contributed by atoms with E-state index in [2.05, 4.69) is 17.1 Å². The van der Waals surface area contributed by atoms with Gasteiger partial charge < -0.3 is 15.1 Å². The first-order valence-electron chi connectivity index (χ1n) is 9.97. The molecule has 5 heteroatoms. The molecular formula is C21H31N3O2. The fraction of sp³-hybridized carbons (Fsp3) is 0.619. The molecule has 0 saturated carbocycles. The lowest BCUT2D eigenvalue weighted by atomic mass is 9.96. The first kappa shape index (κ1) is 18.9. The minimum absolute atomic E-state index is 0.0628. The van der Waals surface area contributed by atoms with Gasteiger partial charge in [0.05, 0.1) is 12.3 Å². The van der Waals surface area contributed by atoms with Gasteiger partial charge in [0.25, 0.3) is 0 Å². The average molecular weight is 357 g/mol. The maximum absolute atomic E-state index is 12.6. The van der Waals surface area contributed by atoms with E-state index in [0.29, 0.717) is 18.9 Å². The lowest BCUT2D eigenvalue weighted by molar-refractivity contribution is -0.135. The Balaban J connectivity index is 1.45. The molecule has 2 amide bonds. The second-order valence-corrected chi connectivity index (χ2v) is 7.63. The number of likely N-dealkylation sites (tertiary alicyclic amines) is 2. The van der Waals surface area contributed by atoms with Crippen molar-refractivity contribution in [1.29, 1.82) is 0 Å². The third kappa shape index (κ3) is 5.07. The summed E-state index contributed by atoms with van der Waals surface area (Å²) in [7, 11) is 0. The fourth-order valence-corrected chi connectivity index (χ4v) is 4.06. The summed E-state index contributed by atoms with van der Waals surface area (Å²) >= 11 is 0. The molecule has 2 saturated heterocycles. The van der Waals surface area contributed by atoms with Gasteiger partial charge in [0.15, 0.2) is 0 Å². The van der Waals surface area contributed by atoms with Crippen LogP contribution < -0.4 is 5.32 Å². The molecule has 26 heavy (non-hydrogen) atoms. The van der Waals surface area contributed by atoms with Crippen molar-refractivity contribution in [3.05, 3.63) is 35.9 Å². The number of hydrogen-bond donors (Lipinski definition) is 1. The molecule has 2 fully saturated rings. The number of carbonyl (C=O) groups excluding carboxylic acids is 2. The van der Waals surface area contributed by atoms with Crippen molar-refractivity contribution in [3.63, 3.8) is 0 Å². The molecule has 0 bridgehead atoms. The summed E-state index contributed by atoms with van der Waals surface area (Å²) in [6.45, 7) is 7.59. The molecule has 1 N–H and O–H groups in total. The van der Waals surface area contributed by atoms with Crippen molar-refractivity contribution in [1.82, 2.24) is 15.1 Å². The summed E-state index contributed by atoms with van der Waals surface area (Å²) in [6, 6.07) is 9.83. The minimum atomic E-state index is -0.0628. The van der Waals surface area contributed by atoms with Crippen LogP contribution in [0.5, 0.6) is 0 Å². The highest BCUT2D eigenvalue weighted by atomic mass is 16.2. The molecule has 1 aromatic carbocycles. The van der Waals surface area contributed by atoms with Gasteiger partial charge in [-0.1, -0.05) is 37.3 Å². The molecule has 2 unspecified atom stereocenters. The Morgan fingerprint density at radius 3 is 2.65 bits per heavy atom. The molecule has 1 aromatic rings. The Kier molecular flexibility index (Phi) is 6.67. The standard InChI is InChI=1S/C21H31N3O2/c1-2-23-12-10-18(15-23)14-22-21(26)19-9-6-11-24(16-19)20(25)13-17-7-4-3-5-8-17/h3-5,7-8,18-19H,2,6,9-16H2,1H3,(H,22,26). The highest BCUT2D eigenvalue weighted by molar-refractivity contribution is 5.82. The van der Waals surface area contributed by atoms with Gasteiger partial charge >= 0.3 is 0 Å². The Morgan fingerprint density at radius 1 is 1.12 bits per heavy atom. The highest BCUT2D eigenvalue weighted by Gasteiger charge is 2.29. The SMILES string of the molecule is CCN1CCC(CNC(=O)C2CCCN(C(=O)Cc3ccccc3)C2)C1. The normalized spacial score (nSPS) is 23.8. The smallest absolute Gasteiger partial charge is 0.227 e. The maximum Gasteiger partial charge on any atom is 0.227 e. The third-order valence-electron chi connectivity index (χ3n) is 5.73. The lowest BCUT2D eigenvalue weighted by Crippen LogP contribution is -2.46. The monoisotopic (exact) mass is 357 g/mol. The van der Waals surface area contributed by atoms with Crippen LogP contribution in [0.2, 0.25) is 0 Å². The number of carbonyl (C=O) groups is 2. The lowest BCUT2D eigenvalue weighted by Gasteiger charge is -2.32. The van der Waals surface area contributed by atoms with Gasteiger partial charge in [-0.2, -0.15) is 0 Å². The van der Waals surface area contributed by atoms with Gasteiger partial charge in [-0.25, -0.2) is 0 Å². The number of amides is 2. The van der Waals surface area contributed by atoms with Gasteiger partial charge in [0, 0.05) is 26.2 Å². The quantitative estimate of drug-likeness (QED) is 0.846. The zero-order chi connectivity index (χ0) is 18.4. The van der Waals surface area contributed by atoms with E-state index in [4.69, 9.17) is 0 Å². The Bertz CT molecular complexity index is 605. The molecule has 2 heterocycles. The number of hydrogen-bond acceptors (Lipinski definition) is 3. The van der Waals surface area contributed by atoms with E-state index in [1.165, 1.54) is 6.42 Å². The number of piperidine rings is 1. The molecule has 0 radical (unpaired) electrons. The van der Waals surface area contributed by atoms with Crippen LogP contribution in [0, 0.1) is 11.8 Å². The van der Waals surface area contributed by atoms with Crippen molar-refractivity contribution in [2.45, 2.75) is 32.6 Å². The van der Waals surface area contributed by atoms with Crippen molar-refractivity contribution < 1.29 is 9.59 Å². The summed E-state index contributed by atoms with van der Waals surface area (Å²) < 4.78 is 0. The molecular weight excluding hydrogens is 326 g/mol.